The molecule has 0 aliphatic carbocycles. The van der Waals surface area contributed by atoms with Crippen LogP contribution in [0, 0.1) is 0 Å². The van der Waals surface area contributed by atoms with Crippen molar-refractivity contribution in [3.63, 3.8) is 0 Å². The van der Waals surface area contributed by atoms with Crippen LogP contribution in [0.5, 0.6) is 0 Å². The van der Waals surface area contributed by atoms with Gasteiger partial charge < -0.3 is 4.42 Å². The van der Waals surface area contributed by atoms with Crippen LogP contribution in [0.3, 0.4) is 0 Å². The van der Waals surface area contributed by atoms with E-state index in [1.165, 1.54) is 21.5 Å². The number of halogens is 1. The molecule has 2 heteroatoms. The standard InChI is InChI=1S/C26H15ClO/c27-23-14-13-20(26-25(23)21-11-5-6-12-24(21)28-26)22-15-16-7-1-2-8-17(16)18-9-3-4-10-19(18)22/h1-15H. The second-order valence-electron chi connectivity index (χ2n) is 7.09. The smallest absolute Gasteiger partial charge is 0.144 e. The van der Waals surface area contributed by atoms with Crippen LogP contribution >= 0.6 is 11.6 Å². The summed E-state index contributed by atoms with van der Waals surface area (Å²) in [6.07, 6.45) is 0. The van der Waals surface area contributed by atoms with Gasteiger partial charge in [0.2, 0.25) is 0 Å². The maximum absolute atomic E-state index is 6.59. The first-order valence-corrected chi connectivity index (χ1v) is 9.70. The van der Waals surface area contributed by atoms with Crippen LogP contribution in [0.1, 0.15) is 0 Å². The predicted molar refractivity (Wildman–Crippen MR) is 119 cm³/mol. The average Bonchev–Trinajstić information content (AvgIpc) is 3.14. The normalized spacial score (nSPS) is 11.8. The van der Waals surface area contributed by atoms with Gasteiger partial charge >= 0.3 is 0 Å². The van der Waals surface area contributed by atoms with Crippen molar-refractivity contribution in [1.29, 1.82) is 0 Å². The van der Waals surface area contributed by atoms with Crippen molar-refractivity contribution in [2.75, 3.05) is 0 Å². The maximum atomic E-state index is 6.59. The lowest BCUT2D eigenvalue weighted by Crippen LogP contribution is -1.85. The van der Waals surface area contributed by atoms with E-state index in [1.54, 1.807) is 0 Å². The number of rotatable bonds is 1. The van der Waals surface area contributed by atoms with E-state index < -0.39 is 0 Å². The van der Waals surface area contributed by atoms with Crippen molar-refractivity contribution in [2.45, 2.75) is 0 Å². The van der Waals surface area contributed by atoms with Crippen molar-refractivity contribution in [3.05, 3.63) is 96.0 Å². The van der Waals surface area contributed by atoms with Crippen LogP contribution < -0.4 is 0 Å². The molecule has 0 aliphatic heterocycles. The van der Waals surface area contributed by atoms with Crippen LogP contribution in [0.2, 0.25) is 5.02 Å². The van der Waals surface area contributed by atoms with E-state index in [0.717, 1.165) is 33.1 Å². The van der Waals surface area contributed by atoms with Gasteiger partial charge in [-0.3, -0.25) is 0 Å². The Labute approximate surface area is 166 Å². The lowest BCUT2D eigenvalue weighted by molar-refractivity contribution is 0.670. The first-order chi connectivity index (χ1) is 13.8. The zero-order chi connectivity index (χ0) is 18.7. The predicted octanol–water partition coefficient (Wildman–Crippen LogP) is 8.21. The van der Waals surface area contributed by atoms with Gasteiger partial charge in [-0.2, -0.15) is 0 Å². The molecule has 0 atom stereocenters. The number of furan rings is 1. The molecule has 0 radical (unpaired) electrons. The van der Waals surface area contributed by atoms with Crippen LogP contribution in [0.15, 0.2) is 95.4 Å². The fourth-order valence-electron chi connectivity index (χ4n) is 4.28. The third kappa shape index (κ3) is 2.14. The SMILES string of the molecule is Clc1ccc(-c2cc3ccccc3c3ccccc23)c2oc3ccccc3c12. The fraction of sp³-hybridized carbons (Fsp3) is 0. The van der Waals surface area contributed by atoms with E-state index in [2.05, 4.69) is 66.7 Å². The molecule has 6 rings (SSSR count). The molecule has 0 bridgehead atoms. The Morgan fingerprint density at radius 3 is 2.11 bits per heavy atom. The Morgan fingerprint density at radius 2 is 1.25 bits per heavy atom. The summed E-state index contributed by atoms with van der Waals surface area (Å²) < 4.78 is 6.30. The van der Waals surface area contributed by atoms with Gasteiger partial charge in [0.15, 0.2) is 0 Å². The van der Waals surface area contributed by atoms with Crippen LogP contribution in [-0.2, 0) is 0 Å². The van der Waals surface area contributed by atoms with E-state index >= 15 is 0 Å². The summed E-state index contributed by atoms with van der Waals surface area (Å²) in [5.41, 5.74) is 3.93. The second-order valence-corrected chi connectivity index (χ2v) is 7.50. The van der Waals surface area contributed by atoms with Crippen molar-refractivity contribution < 1.29 is 4.42 Å². The molecule has 0 fully saturated rings. The van der Waals surface area contributed by atoms with Gasteiger partial charge in [0.25, 0.3) is 0 Å². The molecule has 1 heterocycles. The molecule has 6 aromatic rings. The Kier molecular flexibility index (Phi) is 3.29. The summed E-state index contributed by atoms with van der Waals surface area (Å²) in [7, 11) is 0. The summed E-state index contributed by atoms with van der Waals surface area (Å²) in [6, 6.07) is 31.4. The van der Waals surface area contributed by atoms with Crippen molar-refractivity contribution >= 4 is 55.1 Å². The molecule has 0 saturated carbocycles. The molecule has 5 aromatic carbocycles. The molecule has 0 aliphatic rings. The minimum absolute atomic E-state index is 0.716. The van der Waals surface area contributed by atoms with E-state index in [-0.39, 0.29) is 0 Å². The molecule has 1 aromatic heterocycles. The van der Waals surface area contributed by atoms with Gasteiger partial charge in [0.05, 0.1) is 5.02 Å². The molecular formula is C26H15ClO. The Hall–Kier alpha value is -3.29. The third-order valence-electron chi connectivity index (χ3n) is 5.53. The quantitative estimate of drug-likeness (QED) is 0.263. The molecule has 132 valence electrons. The van der Waals surface area contributed by atoms with Crippen LogP contribution in [-0.4, -0.2) is 0 Å². The minimum Gasteiger partial charge on any atom is -0.455 e. The van der Waals surface area contributed by atoms with Gasteiger partial charge in [0.1, 0.15) is 11.2 Å². The van der Waals surface area contributed by atoms with Gasteiger partial charge in [-0.25, -0.2) is 0 Å². The minimum atomic E-state index is 0.716. The Balaban J connectivity index is 1.81. The number of fused-ring (bicyclic) bond motifs is 6. The zero-order valence-electron chi connectivity index (χ0n) is 14.9. The van der Waals surface area contributed by atoms with Crippen LogP contribution in [0.4, 0.5) is 0 Å². The fourth-order valence-corrected chi connectivity index (χ4v) is 4.53. The molecule has 0 N–H and O–H groups in total. The molecule has 28 heavy (non-hydrogen) atoms. The number of hydrogen-bond donors (Lipinski definition) is 0. The molecule has 0 amide bonds. The highest BCUT2D eigenvalue weighted by atomic mass is 35.5. The van der Waals surface area contributed by atoms with Gasteiger partial charge in [-0.05, 0) is 51.4 Å². The Bertz CT molecular complexity index is 1520. The van der Waals surface area contributed by atoms with E-state index in [9.17, 15) is 0 Å². The first kappa shape index (κ1) is 15.7. The summed E-state index contributed by atoms with van der Waals surface area (Å²) in [6.45, 7) is 0. The molecule has 1 nitrogen and oxygen atoms in total. The Morgan fingerprint density at radius 1 is 0.571 bits per heavy atom. The van der Waals surface area contributed by atoms with Crippen LogP contribution in [0.25, 0.3) is 54.6 Å². The number of para-hydroxylation sites is 1. The lowest BCUT2D eigenvalue weighted by Gasteiger charge is -2.11. The highest BCUT2D eigenvalue weighted by Crippen LogP contribution is 2.43. The number of benzene rings is 5. The highest BCUT2D eigenvalue weighted by molar-refractivity contribution is 6.38. The van der Waals surface area contributed by atoms with E-state index in [0.29, 0.717) is 5.02 Å². The van der Waals surface area contributed by atoms with Gasteiger partial charge in [0, 0.05) is 16.3 Å². The van der Waals surface area contributed by atoms with E-state index in [1.807, 2.05) is 24.3 Å². The van der Waals surface area contributed by atoms with Gasteiger partial charge in [-0.15, -0.1) is 0 Å². The van der Waals surface area contributed by atoms with E-state index in [4.69, 9.17) is 16.0 Å². The zero-order valence-corrected chi connectivity index (χ0v) is 15.7. The van der Waals surface area contributed by atoms with Crippen molar-refractivity contribution in [1.82, 2.24) is 0 Å². The highest BCUT2D eigenvalue weighted by Gasteiger charge is 2.17. The van der Waals surface area contributed by atoms with Gasteiger partial charge in [-0.1, -0.05) is 78.3 Å². The monoisotopic (exact) mass is 378 g/mol. The number of hydrogen-bond acceptors (Lipinski definition) is 1. The largest absolute Gasteiger partial charge is 0.455 e. The topological polar surface area (TPSA) is 13.1 Å². The van der Waals surface area contributed by atoms with Crippen molar-refractivity contribution in [2.24, 2.45) is 0 Å². The summed E-state index contributed by atoms with van der Waals surface area (Å²) in [5.74, 6) is 0. The summed E-state index contributed by atoms with van der Waals surface area (Å²) in [5, 5.41) is 7.68. The lowest BCUT2D eigenvalue weighted by atomic mass is 9.92. The average molecular weight is 379 g/mol. The molecule has 0 saturated heterocycles. The maximum Gasteiger partial charge on any atom is 0.144 e. The summed E-state index contributed by atoms with van der Waals surface area (Å²) in [4.78, 5) is 0. The third-order valence-corrected chi connectivity index (χ3v) is 5.85. The molecular weight excluding hydrogens is 364 g/mol. The second kappa shape index (κ2) is 5.85. The van der Waals surface area contributed by atoms with Crippen molar-refractivity contribution in [3.8, 4) is 11.1 Å². The molecule has 0 unspecified atom stereocenters. The first-order valence-electron chi connectivity index (χ1n) is 9.32. The molecule has 0 spiro atoms. The summed E-state index contributed by atoms with van der Waals surface area (Å²) >= 11 is 6.59.